The van der Waals surface area contributed by atoms with Crippen molar-refractivity contribution < 1.29 is 14.6 Å². The maximum atomic E-state index is 14.2. The lowest BCUT2D eigenvalue weighted by atomic mass is 9.78. The number of phenolic OH excluding ortho intramolecular Hbond substituents is 2. The first kappa shape index (κ1) is 12.6. The van der Waals surface area contributed by atoms with Crippen molar-refractivity contribution in [3.05, 3.63) is 21.9 Å². The summed E-state index contributed by atoms with van der Waals surface area (Å²) in [5, 5.41) is 19.5. The first-order valence-electron chi connectivity index (χ1n) is 5.62. The number of nitrogens with two attached hydrogens (primary N) is 1. The van der Waals surface area contributed by atoms with Crippen LogP contribution in [0, 0.1) is 5.82 Å². The first-order valence-corrected chi connectivity index (χ1v) is 6.41. The molecule has 0 spiro atoms. The normalized spacial score (nSPS) is 18.5. The summed E-state index contributed by atoms with van der Waals surface area (Å²) in [5.74, 6) is -1.21. The minimum atomic E-state index is -0.546. The number of aromatic hydroxyl groups is 2. The predicted molar refractivity (Wildman–Crippen MR) is 66.6 cm³/mol. The molecule has 94 valence electrons. The molecule has 0 amide bonds. The Morgan fingerprint density at radius 2 is 1.94 bits per heavy atom. The SMILES string of the molecule is NCC1(c2c(O)c(O)cc(Br)c2F)CCCC1. The summed E-state index contributed by atoms with van der Waals surface area (Å²) in [5.41, 5.74) is 5.37. The van der Waals surface area contributed by atoms with Gasteiger partial charge in [0.2, 0.25) is 0 Å². The Morgan fingerprint density at radius 1 is 1.35 bits per heavy atom. The van der Waals surface area contributed by atoms with Gasteiger partial charge in [-0.15, -0.1) is 0 Å². The van der Waals surface area contributed by atoms with Crippen molar-refractivity contribution in [1.82, 2.24) is 0 Å². The summed E-state index contributed by atoms with van der Waals surface area (Å²) in [7, 11) is 0. The molecule has 5 heteroatoms. The van der Waals surface area contributed by atoms with Crippen LogP contribution in [0.2, 0.25) is 0 Å². The molecular weight excluding hydrogens is 289 g/mol. The van der Waals surface area contributed by atoms with Gasteiger partial charge in [0, 0.05) is 23.6 Å². The molecule has 3 nitrogen and oxygen atoms in total. The van der Waals surface area contributed by atoms with Gasteiger partial charge in [0.1, 0.15) is 5.82 Å². The second-order valence-electron chi connectivity index (χ2n) is 4.61. The Bertz CT molecular complexity index is 418. The zero-order valence-electron chi connectivity index (χ0n) is 9.34. The highest BCUT2D eigenvalue weighted by Gasteiger charge is 2.40. The number of phenols is 2. The third-order valence-corrected chi connectivity index (χ3v) is 4.23. The third-order valence-electron chi connectivity index (χ3n) is 3.65. The number of hydrogen-bond donors (Lipinski definition) is 3. The highest BCUT2D eigenvalue weighted by Crippen LogP contribution is 2.49. The average molecular weight is 304 g/mol. The number of halogens is 2. The average Bonchev–Trinajstić information content (AvgIpc) is 2.77. The van der Waals surface area contributed by atoms with Crippen LogP contribution in [-0.4, -0.2) is 16.8 Å². The van der Waals surface area contributed by atoms with E-state index < -0.39 is 11.2 Å². The molecule has 2 rings (SSSR count). The molecule has 1 aromatic carbocycles. The lowest BCUT2D eigenvalue weighted by molar-refractivity contribution is 0.357. The minimum Gasteiger partial charge on any atom is -0.504 e. The Morgan fingerprint density at radius 3 is 2.47 bits per heavy atom. The summed E-state index contributed by atoms with van der Waals surface area (Å²) in [4.78, 5) is 0. The lowest BCUT2D eigenvalue weighted by Crippen LogP contribution is -2.33. The second kappa shape index (κ2) is 4.46. The molecule has 0 aromatic heterocycles. The van der Waals surface area contributed by atoms with E-state index in [2.05, 4.69) is 15.9 Å². The van der Waals surface area contributed by atoms with Gasteiger partial charge in [0.05, 0.1) is 4.47 Å². The molecule has 4 N–H and O–H groups in total. The van der Waals surface area contributed by atoms with Crippen molar-refractivity contribution in [3.63, 3.8) is 0 Å². The quantitative estimate of drug-likeness (QED) is 0.736. The zero-order valence-corrected chi connectivity index (χ0v) is 10.9. The van der Waals surface area contributed by atoms with Gasteiger partial charge in [-0.3, -0.25) is 0 Å². The van der Waals surface area contributed by atoms with E-state index in [1.54, 1.807) is 0 Å². The number of hydrogen-bond acceptors (Lipinski definition) is 3. The fraction of sp³-hybridized carbons (Fsp3) is 0.500. The molecule has 0 unspecified atom stereocenters. The van der Waals surface area contributed by atoms with Gasteiger partial charge < -0.3 is 15.9 Å². The van der Waals surface area contributed by atoms with E-state index in [9.17, 15) is 14.6 Å². The van der Waals surface area contributed by atoms with E-state index in [-0.39, 0.29) is 28.1 Å². The Kier molecular flexibility index (Phi) is 3.32. The van der Waals surface area contributed by atoms with Crippen LogP contribution in [0.5, 0.6) is 11.5 Å². The van der Waals surface area contributed by atoms with Crippen LogP contribution in [0.15, 0.2) is 10.5 Å². The predicted octanol–water partition coefficient (Wildman–Crippen LogP) is 2.77. The maximum Gasteiger partial charge on any atom is 0.164 e. The van der Waals surface area contributed by atoms with Gasteiger partial charge in [-0.25, -0.2) is 4.39 Å². The van der Waals surface area contributed by atoms with E-state index in [1.807, 2.05) is 0 Å². The van der Waals surface area contributed by atoms with Crippen LogP contribution >= 0.6 is 15.9 Å². The van der Waals surface area contributed by atoms with Gasteiger partial charge in [-0.05, 0) is 28.8 Å². The van der Waals surface area contributed by atoms with E-state index in [0.717, 1.165) is 31.7 Å². The summed E-state index contributed by atoms with van der Waals surface area (Å²) < 4.78 is 14.3. The molecule has 17 heavy (non-hydrogen) atoms. The molecule has 0 atom stereocenters. The van der Waals surface area contributed by atoms with Crippen LogP contribution < -0.4 is 5.73 Å². The summed E-state index contributed by atoms with van der Waals surface area (Å²) >= 11 is 3.04. The van der Waals surface area contributed by atoms with Gasteiger partial charge in [-0.1, -0.05) is 12.8 Å². The molecule has 1 aromatic rings. The van der Waals surface area contributed by atoms with Crippen LogP contribution in [0.25, 0.3) is 0 Å². The summed E-state index contributed by atoms with van der Waals surface area (Å²) in [6.07, 6.45) is 3.40. The molecule has 1 fully saturated rings. The van der Waals surface area contributed by atoms with Gasteiger partial charge in [0.15, 0.2) is 11.5 Å². The number of rotatable bonds is 2. The molecule has 1 saturated carbocycles. The Labute approximate surface area is 108 Å². The molecule has 0 aliphatic heterocycles. The molecule has 1 aliphatic carbocycles. The third kappa shape index (κ3) is 1.91. The van der Waals surface area contributed by atoms with Crippen molar-refractivity contribution in [3.8, 4) is 11.5 Å². The number of benzene rings is 1. The second-order valence-corrected chi connectivity index (χ2v) is 5.46. The highest BCUT2D eigenvalue weighted by atomic mass is 79.9. The van der Waals surface area contributed by atoms with E-state index in [4.69, 9.17) is 5.73 Å². The zero-order chi connectivity index (χ0) is 12.6. The van der Waals surface area contributed by atoms with Crippen molar-refractivity contribution in [1.29, 1.82) is 0 Å². The van der Waals surface area contributed by atoms with Crippen molar-refractivity contribution in [2.75, 3.05) is 6.54 Å². The standard InChI is InChI=1S/C12H15BrFNO2/c13-7-5-8(16)11(17)9(10(7)14)12(6-15)3-1-2-4-12/h5,16-17H,1-4,6,15H2. The maximum absolute atomic E-state index is 14.2. The largest absolute Gasteiger partial charge is 0.504 e. The Balaban J connectivity index is 2.65. The van der Waals surface area contributed by atoms with Crippen molar-refractivity contribution in [2.45, 2.75) is 31.1 Å². The van der Waals surface area contributed by atoms with Crippen LogP contribution in [0.3, 0.4) is 0 Å². The van der Waals surface area contributed by atoms with Gasteiger partial charge in [0.25, 0.3) is 0 Å². The smallest absolute Gasteiger partial charge is 0.164 e. The van der Waals surface area contributed by atoms with Crippen molar-refractivity contribution >= 4 is 15.9 Å². The minimum absolute atomic E-state index is 0.155. The van der Waals surface area contributed by atoms with Crippen LogP contribution in [0.1, 0.15) is 31.2 Å². The molecule has 0 saturated heterocycles. The fourth-order valence-corrected chi connectivity index (χ4v) is 3.11. The summed E-state index contributed by atoms with van der Waals surface area (Å²) in [6.45, 7) is 0.271. The first-order chi connectivity index (χ1) is 8.02. The summed E-state index contributed by atoms with van der Waals surface area (Å²) in [6, 6.07) is 1.16. The fourth-order valence-electron chi connectivity index (χ4n) is 2.70. The van der Waals surface area contributed by atoms with E-state index >= 15 is 0 Å². The molecule has 0 bridgehead atoms. The molecular formula is C12H15BrFNO2. The molecule has 0 heterocycles. The van der Waals surface area contributed by atoms with Crippen LogP contribution in [-0.2, 0) is 5.41 Å². The highest BCUT2D eigenvalue weighted by molar-refractivity contribution is 9.10. The lowest BCUT2D eigenvalue weighted by Gasteiger charge is -2.29. The van der Waals surface area contributed by atoms with Crippen molar-refractivity contribution in [2.24, 2.45) is 5.73 Å². The molecule has 1 aliphatic rings. The van der Waals surface area contributed by atoms with E-state index in [1.165, 1.54) is 0 Å². The van der Waals surface area contributed by atoms with Gasteiger partial charge >= 0.3 is 0 Å². The molecule has 0 radical (unpaired) electrons. The van der Waals surface area contributed by atoms with E-state index in [0.29, 0.717) is 0 Å². The van der Waals surface area contributed by atoms with Gasteiger partial charge in [-0.2, -0.15) is 0 Å². The Hall–Kier alpha value is -0.810. The monoisotopic (exact) mass is 303 g/mol. The van der Waals surface area contributed by atoms with Crippen LogP contribution in [0.4, 0.5) is 4.39 Å². The topological polar surface area (TPSA) is 66.5 Å².